The summed E-state index contributed by atoms with van der Waals surface area (Å²) in [6.45, 7) is 5.86. The summed E-state index contributed by atoms with van der Waals surface area (Å²) in [5, 5.41) is 4.30. The van der Waals surface area contributed by atoms with Crippen molar-refractivity contribution < 1.29 is 4.79 Å². The summed E-state index contributed by atoms with van der Waals surface area (Å²) in [6, 6.07) is 9.57. The van der Waals surface area contributed by atoms with E-state index in [1.165, 1.54) is 28.6 Å². The summed E-state index contributed by atoms with van der Waals surface area (Å²) in [7, 11) is 0. The molecule has 1 aliphatic carbocycles. The van der Waals surface area contributed by atoms with E-state index < -0.39 is 0 Å². The maximum Gasteiger partial charge on any atom is 0.267 e. The summed E-state index contributed by atoms with van der Waals surface area (Å²) >= 11 is 2.95. The zero-order valence-corrected chi connectivity index (χ0v) is 18.6. The number of fused-ring (bicyclic) bond motifs is 3. The molecule has 29 heavy (non-hydrogen) atoms. The Balaban J connectivity index is 1.80. The van der Waals surface area contributed by atoms with Gasteiger partial charge in [-0.3, -0.25) is 14.2 Å². The summed E-state index contributed by atoms with van der Waals surface area (Å²) in [4.78, 5) is 32.9. The Morgan fingerprint density at radius 3 is 2.66 bits per heavy atom. The number of thiophene rings is 1. The molecule has 152 valence electrons. The third-order valence-corrected chi connectivity index (χ3v) is 6.94. The number of carbonyl (C=O) groups is 1. The van der Waals surface area contributed by atoms with Gasteiger partial charge in [0.2, 0.25) is 5.91 Å². The van der Waals surface area contributed by atoms with Crippen LogP contribution in [-0.2, 0) is 17.6 Å². The molecule has 0 aliphatic heterocycles. The fraction of sp³-hybridized carbons (Fsp3) is 0.409. The molecule has 0 bridgehead atoms. The molecule has 2 heterocycles. The topological polar surface area (TPSA) is 64.0 Å². The van der Waals surface area contributed by atoms with Crippen molar-refractivity contribution in [2.45, 2.75) is 57.1 Å². The molecule has 3 aromatic rings. The van der Waals surface area contributed by atoms with Gasteiger partial charge in [-0.2, -0.15) is 0 Å². The Bertz CT molecular complexity index is 1110. The van der Waals surface area contributed by atoms with Crippen molar-refractivity contribution in [2.75, 3.05) is 5.75 Å². The van der Waals surface area contributed by atoms with Crippen molar-refractivity contribution in [1.82, 2.24) is 14.9 Å². The Kier molecular flexibility index (Phi) is 5.53. The maximum atomic E-state index is 13.6. The Morgan fingerprint density at radius 1 is 1.21 bits per heavy atom. The smallest absolute Gasteiger partial charge is 0.267 e. The lowest BCUT2D eigenvalue weighted by Gasteiger charge is -2.20. The summed E-state index contributed by atoms with van der Waals surface area (Å²) in [6.07, 6.45) is 4.26. The molecule has 0 radical (unpaired) electrons. The highest BCUT2D eigenvalue weighted by molar-refractivity contribution is 7.99. The first-order valence-electron chi connectivity index (χ1n) is 9.90. The van der Waals surface area contributed by atoms with E-state index in [0.717, 1.165) is 35.2 Å². The second-order valence-corrected chi connectivity index (χ2v) is 10.4. The van der Waals surface area contributed by atoms with Crippen LogP contribution >= 0.6 is 23.1 Å². The molecule has 2 aromatic heterocycles. The van der Waals surface area contributed by atoms with Gasteiger partial charge in [0.25, 0.3) is 5.56 Å². The van der Waals surface area contributed by atoms with Crippen LogP contribution in [-0.4, -0.2) is 26.8 Å². The van der Waals surface area contributed by atoms with E-state index in [4.69, 9.17) is 4.98 Å². The number of rotatable bonds is 4. The second-order valence-electron chi connectivity index (χ2n) is 8.35. The average Bonchev–Trinajstić information content (AvgIpc) is 3.04. The molecule has 1 N–H and O–H groups in total. The third kappa shape index (κ3) is 4.26. The molecule has 7 heteroatoms. The number of thioether (sulfide) groups is 1. The van der Waals surface area contributed by atoms with E-state index >= 15 is 0 Å². The van der Waals surface area contributed by atoms with Crippen LogP contribution in [0.3, 0.4) is 0 Å². The van der Waals surface area contributed by atoms with Crippen LogP contribution in [0.4, 0.5) is 0 Å². The normalized spacial score (nSPS) is 14.0. The number of para-hydroxylation sites is 1. The largest absolute Gasteiger partial charge is 0.351 e. The van der Waals surface area contributed by atoms with Gasteiger partial charge in [0.05, 0.1) is 16.8 Å². The summed E-state index contributed by atoms with van der Waals surface area (Å²) in [5.41, 5.74) is 1.64. The van der Waals surface area contributed by atoms with Crippen molar-refractivity contribution in [2.24, 2.45) is 0 Å². The molecule has 1 amide bonds. The standard InChI is InChI=1S/C22H25N3O2S2/c1-22(2,3)24-17(26)13-28-21-23-19-18(15-11-7-8-12-16(15)29-19)20(27)25(21)14-9-5-4-6-10-14/h4-6,9-10H,7-8,11-13H2,1-3H3,(H,24,26). The number of nitrogens with zero attached hydrogens (tertiary/aromatic N) is 2. The minimum absolute atomic E-state index is 0.0284. The van der Waals surface area contributed by atoms with Crippen LogP contribution in [0.5, 0.6) is 0 Å². The fourth-order valence-electron chi connectivity index (χ4n) is 3.67. The lowest BCUT2D eigenvalue weighted by Crippen LogP contribution is -2.41. The first kappa shape index (κ1) is 20.2. The summed E-state index contributed by atoms with van der Waals surface area (Å²) < 4.78 is 1.67. The SMILES string of the molecule is CC(C)(C)NC(=O)CSc1nc2sc3c(c2c(=O)n1-c1ccccc1)CCCC3. The fourth-order valence-corrected chi connectivity index (χ4v) is 5.79. The maximum absolute atomic E-state index is 13.6. The Labute approximate surface area is 178 Å². The number of aromatic nitrogens is 2. The number of aryl methyl sites for hydroxylation is 2. The lowest BCUT2D eigenvalue weighted by atomic mass is 9.97. The number of nitrogens with one attached hydrogen (secondary N) is 1. The van der Waals surface area contributed by atoms with Crippen LogP contribution in [0.2, 0.25) is 0 Å². The zero-order chi connectivity index (χ0) is 20.6. The van der Waals surface area contributed by atoms with E-state index in [1.54, 1.807) is 15.9 Å². The van der Waals surface area contributed by atoms with Gasteiger partial charge >= 0.3 is 0 Å². The summed E-state index contributed by atoms with van der Waals surface area (Å²) in [5.74, 6) is 0.148. The molecule has 0 atom stereocenters. The molecule has 0 fully saturated rings. The molecule has 0 unspecified atom stereocenters. The van der Waals surface area contributed by atoms with Gasteiger partial charge in [-0.15, -0.1) is 11.3 Å². The Morgan fingerprint density at radius 2 is 1.93 bits per heavy atom. The highest BCUT2D eigenvalue weighted by Gasteiger charge is 2.23. The van der Waals surface area contributed by atoms with E-state index in [0.29, 0.717) is 5.16 Å². The molecule has 0 saturated carbocycles. The van der Waals surface area contributed by atoms with Gasteiger partial charge in [0.1, 0.15) is 4.83 Å². The highest BCUT2D eigenvalue weighted by atomic mass is 32.2. The molecule has 0 saturated heterocycles. The van der Waals surface area contributed by atoms with E-state index in [9.17, 15) is 9.59 Å². The predicted octanol–water partition coefficient (Wildman–Crippen LogP) is 4.33. The van der Waals surface area contributed by atoms with E-state index in [-0.39, 0.29) is 22.8 Å². The van der Waals surface area contributed by atoms with Crippen molar-refractivity contribution in [3.05, 3.63) is 51.1 Å². The van der Waals surface area contributed by atoms with Crippen molar-refractivity contribution in [3.8, 4) is 5.69 Å². The molecular formula is C22H25N3O2S2. The van der Waals surface area contributed by atoms with Crippen molar-refractivity contribution in [1.29, 1.82) is 0 Å². The highest BCUT2D eigenvalue weighted by Crippen LogP contribution is 2.35. The first-order chi connectivity index (χ1) is 13.8. The zero-order valence-electron chi connectivity index (χ0n) is 16.9. The average molecular weight is 428 g/mol. The molecule has 1 aliphatic rings. The minimum Gasteiger partial charge on any atom is -0.351 e. The monoisotopic (exact) mass is 427 g/mol. The first-order valence-corrected chi connectivity index (χ1v) is 11.7. The van der Waals surface area contributed by atoms with Gasteiger partial charge in [0, 0.05) is 10.4 Å². The van der Waals surface area contributed by atoms with Crippen molar-refractivity contribution >= 4 is 39.2 Å². The number of carbonyl (C=O) groups excluding carboxylic acids is 1. The molecule has 1 aromatic carbocycles. The van der Waals surface area contributed by atoms with E-state index in [1.807, 2.05) is 51.1 Å². The second kappa shape index (κ2) is 7.95. The van der Waals surface area contributed by atoms with Crippen LogP contribution in [0.15, 0.2) is 40.3 Å². The third-order valence-electron chi connectivity index (χ3n) is 4.82. The van der Waals surface area contributed by atoms with Gasteiger partial charge in [-0.25, -0.2) is 4.98 Å². The number of hydrogen-bond donors (Lipinski definition) is 1. The molecule has 5 nitrogen and oxygen atoms in total. The molecule has 4 rings (SSSR count). The lowest BCUT2D eigenvalue weighted by molar-refractivity contribution is -0.119. The minimum atomic E-state index is -0.291. The van der Waals surface area contributed by atoms with Gasteiger partial charge in [-0.05, 0) is 64.2 Å². The van der Waals surface area contributed by atoms with E-state index in [2.05, 4.69) is 5.32 Å². The number of benzene rings is 1. The van der Waals surface area contributed by atoms with Gasteiger partial charge in [0.15, 0.2) is 5.16 Å². The predicted molar refractivity (Wildman–Crippen MR) is 120 cm³/mol. The molecule has 0 spiro atoms. The number of hydrogen-bond acceptors (Lipinski definition) is 5. The van der Waals surface area contributed by atoms with Crippen LogP contribution in [0.25, 0.3) is 15.9 Å². The molecular weight excluding hydrogens is 402 g/mol. The van der Waals surface area contributed by atoms with Crippen LogP contribution in [0, 0.1) is 0 Å². The van der Waals surface area contributed by atoms with Gasteiger partial charge in [-0.1, -0.05) is 30.0 Å². The van der Waals surface area contributed by atoms with Crippen LogP contribution < -0.4 is 10.9 Å². The van der Waals surface area contributed by atoms with Crippen molar-refractivity contribution in [3.63, 3.8) is 0 Å². The van der Waals surface area contributed by atoms with Gasteiger partial charge < -0.3 is 5.32 Å². The quantitative estimate of drug-likeness (QED) is 0.497. The Hall–Kier alpha value is -2.12. The van der Waals surface area contributed by atoms with Crippen LogP contribution in [0.1, 0.15) is 44.1 Å². The number of amides is 1.